The summed E-state index contributed by atoms with van der Waals surface area (Å²) < 4.78 is 27.6. The summed E-state index contributed by atoms with van der Waals surface area (Å²) in [5.41, 5.74) is 1.25. The minimum Gasteiger partial charge on any atom is -0.367 e. The van der Waals surface area contributed by atoms with Gasteiger partial charge in [0, 0.05) is 28.5 Å². The maximum atomic E-state index is 12.5. The van der Waals surface area contributed by atoms with Crippen molar-refractivity contribution in [2.75, 3.05) is 15.4 Å². The molecule has 0 bridgehead atoms. The van der Waals surface area contributed by atoms with E-state index in [9.17, 15) is 8.42 Å². The standard InChI is InChI=1S/C23H26ClN5O2S/c1-16-25-22(27-18-5-3-2-4-6-18)15-23(26-16)28-19-9-11-20(12-10-19)29-32(30,31)21-13-7-17(24)8-14-21/h7-15,18,29H,2-6H2,1H3,(H2,25,26,27,28). The summed E-state index contributed by atoms with van der Waals surface area (Å²) in [6.07, 6.45) is 6.14. The number of anilines is 4. The van der Waals surface area contributed by atoms with Crippen molar-refractivity contribution in [2.24, 2.45) is 0 Å². The Balaban J connectivity index is 1.42. The average molecular weight is 472 g/mol. The van der Waals surface area contributed by atoms with Gasteiger partial charge in [0.15, 0.2) is 0 Å². The van der Waals surface area contributed by atoms with E-state index in [0.29, 0.717) is 28.4 Å². The molecule has 7 nitrogen and oxygen atoms in total. The molecule has 1 aliphatic carbocycles. The lowest BCUT2D eigenvalue weighted by Crippen LogP contribution is -2.23. The van der Waals surface area contributed by atoms with Crippen molar-refractivity contribution in [3.63, 3.8) is 0 Å². The molecule has 0 spiro atoms. The van der Waals surface area contributed by atoms with Crippen LogP contribution in [-0.4, -0.2) is 24.4 Å². The van der Waals surface area contributed by atoms with Crippen LogP contribution in [0, 0.1) is 6.92 Å². The van der Waals surface area contributed by atoms with Gasteiger partial charge in [-0.25, -0.2) is 18.4 Å². The quantitative estimate of drug-likeness (QED) is 0.407. The highest BCUT2D eigenvalue weighted by atomic mass is 35.5. The predicted octanol–water partition coefficient (Wildman–Crippen LogP) is 5.73. The van der Waals surface area contributed by atoms with Crippen LogP contribution in [0.3, 0.4) is 0 Å². The lowest BCUT2D eigenvalue weighted by molar-refractivity contribution is 0.462. The molecule has 0 atom stereocenters. The number of rotatable bonds is 7. The molecule has 168 valence electrons. The molecule has 4 rings (SSSR count). The van der Waals surface area contributed by atoms with Gasteiger partial charge >= 0.3 is 0 Å². The highest BCUT2D eigenvalue weighted by Crippen LogP contribution is 2.24. The zero-order valence-corrected chi connectivity index (χ0v) is 19.4. The van der Waals surface area contributed by atoms with Crippen LogP contribution >= 0.6 is 11.6 Å². The lowest BCUT2D eigenvalue weighted by atomic mass is 9.95. The van der Waals surface area contributed by atoms with Crippen LogP contribution in [0.25, 0.3) is 0 Å². The van der Waals surface area contributed by atoms with E-state index >= 15 is 0 Å². The zero-order chi connectivity index (χ0) is 22.6. The van der Waals surface area contributed by atoms with Gasteiger partial charge in [0.05, 0.1) is 4.90 Å². The second kappa shape index (κ2) is 9.75. The van der Waals surface area contributed by atoms with Crippen molar-refractivity contribution in [3.05, 3.63) is 65.4 Å². The first-order valence-electron chi connectivity index (χ1n) is 10.7. The third-order valence-electron chi connectivity index (χ3n) is 5.33. The third-order valence-corrected chi connectivity index (χ3v) is 6.98. The minimum atomic E-state index is -3.69. The topological polar surface area (TPSA) is 96.0 Å². The number of aromatic nitrogens is 2. The van der Waals surface area contributed by atoms with Gasteiger partial charge in [-0.2, -0.15) is 0 Å². The highest BCUT2D eigenvalue weighted by Gasteiger charge is 2.15. The number of hydrogen-bond acceptors (Lipinski definition) is 6. The van der Waals surface area contributed by atoms with Crippen LogP contribution in [0.5, 0.6) is 0 Å². The van der Waals surface area contributed by atoms with E-state index in [1.165, 1.54) is 44.2 Å². The minimum absolute atomic E-state index is 0.151. The van der Waals surface area contributed by atoms with Crippen molar-refractivity contribution in [2.45, 2.75) is 50.0 Å². The molecule has 3 N–H and O–H groups in total. The number of aryl methyl sites for hydroxylation is 1. The Labute approximate surface area is 193 Å². The first-order valence-corrected chi connectivity index (χ1v) is 12.5. The summed E-state index contributed by atoms with van der Waals surface area (Å²) in [6.45, 7) is 1.87. The van der Waals surface area contributed by atoms with Gasteiger partial charge in [-0.15, -0.1) is 0 Å². The fourth-order valence-electron chi connectivity index (χ4n) is 3.76. The smallest absolute Gasteiger partial charge is 0.261 e. The van der Waals surface area contributed by atoms with Crippen molar-refractivity contribution in [1.29, 1.82) is 0 Å². The largest absolute Gasteiger partial charge is 0.367 e. The summed E-state index contributed by atoms with van der Waals surface area (Å²) in [5, 5.41) is 7.28. The number of nitrogens with one attached hydrogen (secondary N) is 3. The van der Waals surface area contributed by atoms with Gasteiger partial charge in [-0.1, -0.05) is 30.9 Å². The molecule has 0 radical (unpaired) electrons. The van der Waals surface area contributed by atoms with Crippen molar-refractivity contribution in [3.8, 4) is 0 Å². The van der Waals surface area contributed by atoms with Crippen molar-refractivity contribution in [1.82, 2.24) is 9.97 Å². The number of sulfonamides is 1. The Morgan fingerprint density at radius 2 is 1.50 bits per heavy atom. The Bertz CT molecular complexity index is 1160. The molecule has 3 aromatic rings. The monoisotopic (exact) mass is 471 g/mol. The van der Waals surface area contributed by atoms with Crippen LogP contribution in [0.15, 0.2) is 59.5 Å². The average Bonchev–Trinajstić information content (AvgIpc) is 2.75. The van der Waals surface area contributed by atoms with Crippen molar-refractivity contribution >= 4 is 44.6 Å². The Morgan fingerprint density at radius 1 is 0.875 bits per heavy atom. The molecule has 9 heteroatoms. The van der Waals surface area contributed by atoms with Crippen LogP contribution in [0.2, 0.25) is 5.02 Å². The first kappa shape index (κ1) is 22.4. The first-order chi connectivity index (χ1) is 15.4. The number of halogens is 1. The fraction of sp³-hybridized carbons (Fsp3) is 0.304. The molecular formula is C23H26ClN5O2S. The van der Waals surface area contributed by atoms with Crippen molar-refractivity contribution < 1.29 is 8.42 Å². The SMILES string of the molecule is Cc1nc(Nc2ccc(NS(=O)(=O)c3ccc(Cl)cc3)cc2)cc(NC2CCCCC2)n1. The molecule has 0 amide bonds. The van der Waals surface area contributed by atoms with E-state index in [4.69, 9.17) is 11.6 Å². The normalized spacial score (nSPS) is 14.7. The molecule has 1 aliphatic rings. The van der Waals surface area contributed by atoms with Crippen LogP contribution in [-0.2, 0) is 10.0 Å². The molecular weight excluding hydrogens is 446 g/mol. The maximum absolute atomic E-state index is 12.5. The van der Waals surface area contributed by atoms with E-state index < -0.39 is 10.0 Å². The molecule has 1 heterocycles. The number of hydrogen-bond donors (Lipinski definition) is 3. The second-order valence-corrected chi connectivity index (χ2v) is 10.0. The van der Waals surface area contributed by atoms with Gasteiger partial charge in [0.25, 0.3) is 10.0 Å². The molecule has 1 fully saturated rings. The fourth-order valence-corrected chi connectivity index (χ4v) is 4.94. The Morgan fingerprint density at radius 3 is 2.19 bits per heavy atom. The highest BCUT2D eigenvalue weighted by molar-refractivity contribution is 7.92. The summed E-state index contributed by atoms with van der Waals surface area (Å²) in [5.74, 6) is 2.19. The predicted molar refractivity (Wildman–Crippen MR) is 129 cm³/mol. The molecule has 0 aliphatic heterocycles. The van der Waals surface area contributed by atoms with E-state index in [0.717, 1.165) is 11.5 Å². The van der Waals surface area contributed by atoms with Gasteiger partial charge in [-0.05, 0) is 68.3 Å². The summed E-state index contributed by atoms with van der Waals surface area (Å²) in [4.78, 5) is 9.13. The Hall–Kier alpha value is -2.84. The van der Waals surface area contributed by atoms with E-state index in [-0.39, 0.29) is 4.90 Å². The summed E-state index contributed by atoms with van der Waals surface area (Å²) in [6, 6.07) is 15.4. The van der Waals surface area contributed by atoms with Crippen LogP contribution < -0.4 is 15.4 Å². The van der Waals surface area contributed by atoms with E-state index in [1.807, 2.05) is 13.0 Å². The molecule has 0 unspecified atom stereocenters. The summed E-state index contributed by atoms with van der Waals surface area (Å²) in [7, 11) is -3.69. The maximum Gasteiger partial charge on any atom is 0.261 e. The molecule has 1 aromatic heterocycles. The van der Waals surface area contributed by atoms with Gasteiger partial charge in [0.2, 0.25) is 0 Å². The number of benzene rings is 2. The third kappa shape index (κ3) is 5.89. The van der Waals surface area contributed by atoms with Crippen LogP contribution in [0.1, 0.15) is 37.9 Å². The van der Waals surface area contributed by atoms with E-state index in [1.54, 1.807) is 36.4 Å². The molecule has 1 saturated carbocycles. The molecule has 2 aromatic carbocycles. The van der Waals surface area contributed by atoms with Crippen LogP contribution in [0.4, 0.5) is 23.0 Å². The van der Waals surface area contributed by atoms with Gasteiger partial charge in [0.1, 0.15) is 17.5 Å². The molecule has 0 saturated heterocycles. The zero-order valence-electron chi connectivity index (χ0n) is 17.8. The second-order valence-electron chi connectivity index (χ2n) is 7.93. The number of nitrogens with zero attached hydrogens (tertiary/aromatic N) is 2. The van der Waals surface area contributed by atoms with Gasteiger partial charge in [-0.3, -0.25) is 4.72 Å². The van der Waals surface area contributed by atoms with E-state index in [2.05, 4.69) is 25.3 Å². The summed E-state index contributed by atoms with van der Waals surface area (Å²) >= 11 is 5.84. The van der Waals surface area contributed by atoms with Gasteiger partial charge < -0.3 is 10.6 Å². The Kier molecular flexibility index (Phi) is 6.81. The molecule has 32 heavy (non-hydrogen) atoms. The lowest BCUT2D eigenvalue weighted by Gasteiger charge is -2.23.